The van der Waals surface area contributed by atoms with Gasteiger partial charge in [-0.1, -0.05) is 160 Å². The molecule has 1 aliphatic carbocycles. The highest BCUT2D eigenvalue weighted by Crippen LogP contribution is 2.47. The molecule has 11 rings (SSSR count). The van der Waals surface area contributed by atoms with Crippen molar-refractivity contribution >= 4 is 88.6 Å². The molecule has 1 aliphatic heterocycles. The van der Waals surface area contributed by atoms with Crippen LogP contribution in [0.5, 0.6) is 5.75 Å². The largest absolute Gasteiger partial charge is 0.496 e. The van der Waals surface area contributed by atoms with Crippen LogP contribution < -0.4 is 31.1 Å². The molecule has 0 bridgehead atoms. The lowest BCUT2D eigenvalue weighted by Crippen LogP contribution is -2.49. The van der Waals surface area contributed by atoms with Crippen LogP contribution in [0.3, 0.4) is 0 Å². The smallest absolute Gasteiger partial charge is 0.488 e. The molecular weight excluding hydrogens is 1370 g/mol. The summed E-state index contributed by atoms with van der Waals surface area (Å²) in [5, 5.41) is 51.1. The summed E-state index contributed by atoms with van der Waals surface area (Å²) < 4.78 is 96.5. The Bertz CT molecular complexity index is 4960. The maximum Gasteiger partial charge on any atom is 0.488 e. The molecule has 0 spiro atoms. The molecule has 106 heavy (non-hydrogen) atoms. The molecule has 0 aromatic heterocycles. The van der Waals surface area contributed by atoms with Crippen molar-refractivity contribution < 1.29 is 65.3 Å². The number of ketones is 1. The van der Waals surface area contributed by atoms with Gasteiger partial charge in [0.05, 0.1) is 18.2 Å². The number of amides is 1. The van der Waals surface area contributed by atoms with Crippen molar-refractivity contribution in [2.24, 2.45) is 0 Å². The van der Waals surface area contributed by atoms with E-state index >= 15 is 0 Å². The summed E-state index contributed by atoms with van der Waals surface area (Å²) in [6.07, 6.45) is -1.46. The highest BCUT2D eigenvalue weighted by atomic mass is 28.3. The molecule has 5 N–H and O–H groups in total. The second-order valence-electron chi connectivity index (χ2n) is 28.4. The Hall–Kier alpha value is -9.70. The molecule has 0 saturated carbocycles. The standard InChI is InChI=1S/C85H87B2F6N5O7Si/c1-55(2)78(99)27-18-19-41-97(51-61-43-63(84(88,89)90)30-37-76(61)86(101)102)54-75-68-26-17-16-25-67(68)74(53-98(42-20-40-94-83(100)56(3)4)52-62-44-64(85(91,92)93)31-38-77(62)87(103)104)69-34-28-59(45-72(69)75)60-29-39-79(105-7)73(46-60)82-70-35-32-65(95(5)49-57-21-12-10-13-22-57)47-80(70)106(8,9)81-48-66(33-36-71(81)82)96(6)50-58-23-14-11-15-24-58/h10-17,21-26,28-39,43-48,101-104H,1,3,18-20,27,40-42,49-54H2,2,4-9H3/p+1. The van der Waals surface area contributed by atoms with E-state index in [1.54, 1.807) is 21.0 Å². The molecule has 0 saturated heterocycles. The molecule has 0 unspecified atom stereocenters. The Morgan fingerprint density at radius 2 is 1.13 bits per heavy atom. The monoisotopic (exact) mass is 1450 g/mol. The van der Waals surface area contributed by atoms with Gasteiger partial charge in [0.25, 0.3) is 0 Å². The first-order valence-electron chi connectivity index (χ1n) is 35.5. The number of nitrogens with one attached hydrogen (secondary N) is 1. The van der Waals surface area contributed by atoms with Crippen LogP contribution in [0, 0.1) is 0 Å². The van der Waals surface area contributed by atoms with Crippen molar-refractivity contribution in [2.75, 3.05) is 45.7 Å². The molecular formula is C85H88B2F6N5O7Si+. The number of Topliss-reactive ketones (excluding diaryl/α,β-unsaturated/α-hetero) is 1. The number of halogens is 6. The summed E-state index contributed by atoms with van der Waals surface area (Å²) >= 11 is 0. The first-order valence-corrected chi connectivity index (χ1v) is 38.5. The topological polar surface area (TPSA) is 149 Å². The lowest BCUT2D eigenvalue weighted by molar-refractivity contribution is -0.512. The van der Waals surface area contributed by atoms with E-state index in [0.717, 1.165) is 103 Å². The van der Waals surface area contributed by atoms with Gasteiger partial charge in [0.15, 0.2) is 18.0 Å². The van der Waals surface area contributed by atoms with Gasteiger partial charge in [-0.25, -0.2) is 4.58 Å². The summed E-state index contributed by atoms with van der Waals surface area (Å²) in [5.74, 6) is 0.120. The van der Waals surface area contributed by atoms with Gasteiger partial charge in [0.1, 0.15) is 20.9 Å². The third-order valence-corrected chi connectivity index (χ3v) is 23.8. The third-order valence-electron chi connectivity index (χ3n) is 20.3. The molecule has 12 nitrogen and oxygen atoms in total. The number of unbranched alkanes of at least 4 members (excludes halogenated alkanes) is 1. The van der Waals surface area contributed by atoms with Crippen LogP contribution in [0.1, 0.15) is 95.2 Å². The average Bonchev–Trinajstić information content (AvgIpc) is 0.718. The maximum atomic E-state index is 14.7. The zero-order valence-corrected chi connectivity index (χ0v) is 61.8. The molecule has 9 aromatic rings. The quantitative estimate of drug-likeness (QED) is 0.00766. The van der Waals surface area contributed by atoms with Gasteiger partial charge in [0, 0.05) is 93.8 Å². The van der Waals surface area contributed by atoms with Crippen molar-refractivity contribution in [3.8, 4) is 16.9 Å². The van der Waals surface area contributed by atoms with E-state index in [-0.39, 0.29) is 91.6 Å². The van der Waals surface area contributed by atoms with E-state index in [4.69, 9.17) is 4.74 Å². The van der Waals surface area contributed by atoms with Gasteiger partial charge >= 0.3 is 26.6 Å². The van der Waals surface area contributed by atoms with Crippen LogP contribution >= 0.6 is 0 Å². The van der Waals surface area contributed by atoms with E-state index in [1.807, 2.05) is 94.7 Å². The van der Waals surface area contributed by atoms with E-state index in [0.29, 0.717) is 54.4 Å². The first kappa shape index (κ1) is 77.4. The lowest BCUT2D eigenvalue weighted by Gasteiger charge is -2.38. The number of methoxy groups -OCH3 is 1. The van der Waals surface area contributed by atoms with Gasteiger partial charge in [-0.05, 0) is 192 Å². The van der Waals surface area contributed by atoms with Gasteiger partial charge in [-0.15, -0.1) is 0 Å². The van der Waals surface area contributed by atoms with Crippen molar-refractivity contribution in [1.82, 2.24) is 15.1 Å². The maximum absolute atomic E-state index is 14.7. The molecule has 0 fully saturated rings. The molecule has 0 atom stereocenters. The summed E-state index contributed by atoms with van der Waals surface area (Å²) in [6.45, 7) is 17.4. The number of allylic oxidation sites excluding steroid dienone is 6. The summed E-state index contributed by atoms with van der Waals surface area (Å²) in [7, 11) is -0.932. The minimum Gasteiger partial charge on any atom is -0.496 e. The SMILES string of the molecule is C=C(C)C(=O)CCCCN(Cc1cc(C(F)(F)F)ccc1B(O)O)Cc1c2ccccc2c(CN(CCCNC(=O)C(=C)C)Cc2cc(C(F)(F)F)ccc2B(O)O)c2ccc(-c3ccc(OC)c(C4=C5C=CC(=[N+](C)Cc6ccccc6)C=C5[Si](C)(C)c5cc(N(C)Cc6ccccc6)ccc54)c3)cc12. The number of alkyl halides is 6. The number of carbonyl (C=O) groups is 2. The summed E-state index contributed by atoms with van der Waals surface area (Å²) in [6, 6.07) is 53.0. The number of ether oxygens (including phenoxy) is 1. The number of nitrogens with zero attached hydrogens (tertiary/aromatic N) is 4. The fourth-order valence-corrected chi connectivity index (χ4v) is 17.7. The number of hydrogen-bond acceptors (Lipinski definition) is 10. The van der Waals surface area contributed by atoms with Crippen molar-refractivity contribution in [3.63, 3.8) is 0 Å². The number of anilines is 1. The number of hydrogen-bond donors (Lipinski definition) is 5. The van der Waals surface area contributed by atoms with Crippen molar-refractivity contribution in [3.05, 3.63) is 285 Å². The van der Waals surface area contributed by atoms with E-state index < -0.39 is 45.8 Å². The van der Waals surface area contributed by atoms with Crippen LogP contribution in [0.2, 0.25) is 13.1 Å². The van der Waals surface area contributed by atoms with Crippen molar-refractivity contribution in [2.45, 2.75) is 104 Å². The lowest BCUT2D eigenvalue weighted by atomic mass is 9.76. The predicted molar refractivity (Wildman–Crippen MR) is 417 cm³/mol. The Morgan fingerprint density at radius 3 is 1.70 bits per heavy atom. The van der Waals surface area contributed by atoms with E-state index in [2.05, 4.69) is 128 Å². The highest BCUT2D eigenvalue weighted by molar-refractivity contribution is 6.98. The van der Waals surface area contributed by atoms with Gasteiger partial charge in [0.2, 0.25) is 5.91 Å². The number of carbonyl (C=O) groups excluding carboxylic acids is 2. The molecule has 21 heteroatoms. The van der Waals surface area contributed by atoms with E-state index in [1.165, 1.54) is 21.5 Å². The molecule has 9 aromatic carbocycles. The van der Waals surface area contributed by atoms with Gasteiger partial charge < -0.3 is 35.0 Å². The van der Waals surface area contributed by atoms with Gasteiger partial charge in [-0.3, -0.25) is 19.4 Å². The van der Waals surface area contributed by atoms with E-state index in [9.17, 15) is 56.0 Å². The van der Waals surface area contributed by atoms with Crippen LogP contribution in [-0.4, -0.2) is 115 Å². The second-order valence-corrected chi connectivity index (χ2v) is 32.7. The van der Waals surface area contributed by atoms with Crippen LogP contribution in [0.25, 0.3) is 38.2 Å². The Labute approximate surface area is 617 Å². The highest BCUT2D eigenvalue weighted by Gasteiger charge is 2.42. The number of benzene rings is 9. The summed E-state index contributed by atoms with van der Waals surface area (Å²) in [4.78, 5) is 31.9. The Kier molecular flexibility index (Phi) is 24.1. The minimum absolute atomic E-state index is 0.0137. The Balaban J connectivity index is 1.12. The molecule has 0 radical (unpaired) electrons. The predicted octanol–water partition coefficient (Wildman–Crippen LogP) is 14.2. The van der Waals surface area contributed by atoms with Gasteiger partial charge in [-0.2, -0.15) is 26.3 Å². The van der Waals surface area contributed by atoms with Crippen LogP contribution in [0.15, 0.2) is 229 Å². The number of rotatable bonds is 29. The summed E-state index contributed by atoms with van der Waals surface area (Å²) in [5.41, 5.74) is 10.0. The van der Waals surface area contributed by atoms with Crippen molar-refractivity contribution in [1.29, 1.82) is 0 Å². The third kappa shape index (κ3) is 17.7. The molecule has 546 valence electrons. The fourth-order valence-electron chi connectivity index (χ4n) is 14.6. The average molecular weight is 1460 g/mol. The molecule has 1 heterocycles. The molecule has 1 amide bonds. The number of fused-ring (bicyclic) bond motifs is 4. The normalized spacial score (nSPS) is 13.9. The zero-order valence-electron chi connectivity index (χ0n) is 60.8. The molecule has 2 aliphatic rings. The van der Waals surface area contributed by atoms with Crippen LogP contribution in [0.4, 0.5) is 32.0 Å². The zero-order chi connectivity index (χ0) is 75.9. The fraction of sp³-hybridized carbons (Fsp3) is 0.259. The minimum atomic E-state index is -4.78. The Morgan fingerprint density at radius 1 is 0.585 bits per heavy atom. The first-order chi connectivity index (χ1) is 50.5. The van der Waals surface area contributed by atoms with Crippen LogP contribution in [-0.2, 0) is 61.2 Å². The second kappa shape index (κ2) is 33.0.